The van der Waals surface area contributed by atoms with E-state index in [1.165, 1.54) is 24.2 Å². The third-order valence-corrected chi connectivity index (χ3v) is 18.6. The molecular weight excluding hydrogens is 264 g/mol. The summed E-state index contributed by atoms with van der Waals surface area (Å²) in [7, 11) is -3.34. The second kappa shape index (κ2) is 6.44. The molecule has 0 N–H and O–H groups in total. The highest BCUT2D eigenvalue weighted by Gasteiger charge is 2.52. The highest BCUT2D eigenvalue weighted by Crippen LogP contribution is 2.50. The average Bonchev–Trinajstić information content (AvgIpc) is 2.28. The van der Waals surface area contributed by atoms with Crippen LogP contribution in [-0.2, 0) is 4.12 Å². The fourth-order valence-electron chi connectivity index (χ4n) is 3.59. The van der Waals surface area contributed by atoms with Gasteiger partial charge in [-0.3, -0.25) is 0 Å². The SMILES string of the molecule is CC[Si](CC)(O[Si](CC)(CC)C(C)(C)C)C(C)(C)C. The zero-order chi connectivity index (χ0) is 15.5. The summed E-state index contributed by atoms with van der Waals surface area (Å²) in [4.78, 5) is 0. The van der Waals surface area contributed by atoms with Gasteiger partial charge in [-0.1, -0.05) is 69.2 Å². The Balaban J connectivity index is 5.66. The third kappa shape index (κ3) is 3.73. The van der Waals surface area contributed by atoms with E-state index in [2.05, 4.69) is 69.2 Å². The second-order valence-electron chi connectivity index (χ2n) is 8.00. The van der Waals surface area contributed by atoms with E-state index in [1.807, 2.05) is 0 Å². The molecule has 0 saturated carbocycles. The Hall–Kier alpha value is 0.394. The summed E-state index contributed by atoms with van der Waals surface area (Å²) in [5.41, 5.74) is 0. The minimum Gasteiger partial charge on any atom is -0.454 e. The Morgan fingerprint density at radius 3 is 0.895 bits per heavy atom. The molecule has 0 aliphatic carbocycles. The molecule has 3 heteroatoms. The molecule has 0 aromatic heterocycles. The van der Waals surface area contributed by atoms with Gasteiger partial charge >= 0.3 is 0 Å². The van der Waals surface area contributed by atoms with Crippen LogP contribution in [0.15, 0.2) is 0 Å². The zero-order valence-electron chi connectivity index (χ0n) is 15.2. The van der Waals surface area contributed by atoms with Gasteiger partial charge in [0, 0.05) is 0 Å². The average molecular weight is 303 g/mol. The first-order valence-corrected chi connectivity index (χ1v) is 12.8. The summed E-state index contributed by atoms with van der Waals surface area (Å²) in [6, 6.07) is 4.99. The maximum Gasteiger partial charge on any atom is 0.184 e. The molecule has 0 bridgehead atoms. The summed E-state index contributed by atoms with van der Waals surface area (Å²) < 4.78 is 7.23. The Labute approximate surface area is 124 Å². The first-order chi connectivity index (χ1) is 8.45. The van der Waals surface area contributed by atoms with Crippen LogP contribution in [0.5, 0.6) is 0 Å². The standard InChI is InChI=1S/C16H38OSi2/c1-11-18(12-2,15(5,6)7)17-19(13-3,14-4)16(8,9)10/h11-14H2,1-10H3. The van der Waals surface area contributed by atoms with Crippen molar-refractivity contribution in [2.75, 3.05) is 0 Å². The fraction of sp³-hybridized carbons (Fsp3) is 1.00. The van der Waals surface area contributed by atoms with Gasteiger partial charge in [0.1, 0.15) is 0 Å². The van der Waals surface area contributed by atoms with Crippen molar-refractivity contribution < 1.29 is 4.12 Å². The largest absolute Gasteiger partial charge is 0.454 e. The maximum absolute atomic E-state index is 7.23. The van der Waals surface area contributed by atoms with Gasteiger partial charge in [0.15, 0.2) is 16.6 Å². The molecule has 0 spiro atoms. The Morgan fingerprint density at radius 1 is 0.579 bits per heavy atom. The van der Waals surface area contributed by atoms with Crippen LogP contribution < -0.4 is 0 Å². The molecule has 0 saturated heterocycles. The van der Waals surface area contributed by atoms with Crippen molar-refractivity contribution in [1.29, 1.82) is 0 Å². The number of hydrogen-bond donors (Lipinski definition) is 0. The van der Waals surface area contributed by atoms with Crippen molar-refractivity contribution in [2.45, 2.75) is 103 Å². The molecule has 1 nitrogen and oxygen atoms in total. The van der Waals surface area contributed by atoms with Crippen LogP contribution >= 0.6 is 0 Å². The van der Waals surface area contributed by atoms with Gasteiger partial charge in [-0.2, -0.15) is 0 Å². The molecule has 116 valence electrons. The lowest BCUT2D eigenvalue weighted by atomic mass is 10.2. The lowest BCUT2D eigenvalue weighted by molar-refractivity contribution is 0.422. The van der Waals surface area contributed by atoms with Gasteiger partial charge in [-0.15, -0.1) is 0 Å². The summed E-state index contributed by atoms with van der Waals surface area (Å²) in [6.45, 7) is 23.8. The van der Waals surface area contributed by atoms with Crippen LogP contribution in [0.3, 0.4) is 0 Å². The molecule has 19 heavy (non-hydrogen) atoms. The van der Waals surface area contributed by atoms with Crippen molar-refractivity contribution >= 4 is 16.6 Å². The van der Waals surface area contributed by atoms with Crippen LogP contribution in [0.2, 0.25) is 34.3 Å². The Kier molecular flexibility index (Phi) is 6.57. The molecule has 0 unspecified atom stereocenters. The van der Waals surface area contributed by atoms with Crippen LogP contribution in [0.1, 0.15) is 69.2 Å². The Morgan fingerprint density at radius 2 is 0.789 bits per heavy atom. The second-order valence-corrected chi connectivity index (χ2v) is 18.6. The van der Waals surface area contributed by atoms with Crippen molar-refractivity contribution in [2.24, 2.45) is 0 Å². The van der Waals surface area contributed by atoms with Crippen molar-refractivity contribution in [3.05, 3.63) is 0 Å². The summed E-state index contributed by atoms with van der Waals surface area (Å²) in [5, 5.41) is 0.675. The summed E-state index contributed by atoms with van der Waals surface area (Å²) >= 11 is 0. The van der Waals surface area contributed by atoms with Crippen LogP contribution in [0, 0.1) is 0 Å². The minimum absolute atomic E-state index is 0.338. The number of rotatable bonds is 6. The van der Waals surface area contributed by atoms with Gasteiger partial charge in [0.25, 0.3) is 0 Å². The van der Waals surface area contributed by atoms with Gasteiger partial charge < -0.3 is 4.12 Å². The van der Waals surface area contributed by atoms with Gasteiger partial charge in [0.2, 0.25) is 0 Å². The predicted molar refractivity (Wildman–Crippen MR) is 93.9 cm³/mol. The first-order valence-electron chi connectivity index (χ1n) is 8.15. The molecule has 0 aliphatic rings. The highest BCUT2D eigenvalue weighted by molar-refractivity contribution is 6.89. The summed E-state index contributed by atoms with van der Waals surface area (Å²) in [5.74, 6) is 0. The van der Waals surface area contributed by atoms with Crippen LogP contribution in [0.4, 0.5) is 0 Å². The predicted octanol–water partition coefficient (Wildman–Crippen LogP) is 6.57. The normalized spacial score (nSPS) is 14.8. The van der Waals surface area contributed by atoms with E-state index < -0.39 is 16.6 Å². The monoisotopic (exact) mass is 302 g/mol. The van der Waals surface area contributed by atoms with Crippen LogP contribution in [-0.4, -0.2) is 16.6 Å². The molecular formula is C16H38OSi2. The van der Waals surface area contributed by atoms with Gasteiger partial charge in [-0.25, -0.2) is 0 Å². The smallest absolute Gasteiger partial charge is 0.184 e. The topological polar surface area (TPSA) is 9.23 Å². The molecule has 0 aromatic carbocycles. The summed E-state index contributed by atoms with van der Waals surface area (Å²) in [6.07, 6.45) is 0. The molecule has 0 radical (unpaired) electrons. The quantitative estimate of drug-likeness (QED) is 0.504. The van der Waals surface area contributed by atoms with Gasteiger partial charge in [-0.05, 0) is 34.3 Å². The van der Waals surface area contributed by atoms with E-state index in [4.69, 9.17) is 4.12 Å². The zero-order valence-corrected chi connectivity index (χ0v) is 17.2. The highest BCUT2D eigenvalue weighted by atomic mass is 28.4. The van der Waals surface area contributed by atoms with E-state index in [1.54, 1.807) is 0 Å². The minimum atomic E-state index is -1.67. The van der Waals surface area contributed by atoms with Crippen molar-refractivity contribution in [1.82, 2.24) is 0 Å². The molecule has 0 aromatic rings. The molecule has 0 aliphatic heterocycles. The Bertz CT molecular complexity index is 237. The fourth-order valence-corrected chi connectivity index (χ4v) is 16.6. The third-order valence-electron chi connectivity index (χ3n) is 5.41. The van der Waals surface area contributed by atoms with E-state index in [-0.39, 0.29) is 0 Å². The maximum atomic E-state index is 7.23. The first kappa shape index (κ1) is 19.4. The van der Waals surface area contributed by atoms with E-state index in [9.17, 15) is 0 Å². The van der Waals surface area contributed by atoms with Gasteiger partial charge in [0.05, 0.1) is 0 Å². The molecule has 0 rings (SSSR count). The lowest BCUT2D eigenvalue weighted by Gasteiger charge is -2.52. The molecule has 0 heterocycles. The van der Waals surface area contributed by atoms with Crippen molar-refractivity contribution in [3.63, 3.8) is 0 Å². The van der Waals surface area contributed by atoms with E-state index >= 15 is 0 Å². The number of hydrogen-bond acceptors (Lipinski definition) is 1. The molecule has 0 atom stereocenters. The van der Waals surface area contributed by atoms with E-state index in [0.29, 0.717) is 10.1 Å². The molecule has 0 amide bonds. The molecule has 0 fully saturated rings. The van der Waals surface area contributed by atoms with E-state index in [0.717, 1.165) is 0 Å². The van der Waals surface area contributed by atoms with Crippen LogP contribution in [0.25, 0.3) is 0 Å². The lowest BCUT2D eigenvalue weighted by Crippen LogP contribution is -2.58. The van der Waals surface area contributed by atoms with Crippen molar-refractivity contribution in [3.8, 4) is 0 Å².